The number of carbonyl (C=O) groups excluding carboxylic acids is 14. The van der Waals surface area contributed by atoms with Gasteiger partial charge in [0.25, 0.3) is 0 Å². The van der Waals surface area contributed by atoms with Crippen LogP contribution in [0.4, 0.5) is 0 Å². The van der Waals surface area contributed by atoms with Gasteiger partial charge in [0.15, 0.2) is 11.9 Å². The number of hydrogen-bond acceptors (Lipinski definition) is 24. The first kappa shape index (κ1) is 98.3. The van der Waals surface area contributed by atoms with Crippen molar-refractivity contribution in [3.8, 4) is 5.75 Å². The molecule has 0 bridgehead atoms. The van der Waals surface area contributed by atoms with Gasteiger partial charge in [-0.1, -0.05) is 66.5 Å². The van der Waals surface area contributed by atoms with Crippen LogP contribution in [0, 0.1) is 17.8 Å². The van der Waals surface area contributed by atoms with Gasteiger partial charge < -0.3 is 134 Å². The van der Waals surface area contributed by atoms with E-state index in [1.54, 1.807) is 34.0 Å². The van der Waals surface area contributed by atoms with Crippen LogP contribution in [0.25, 0.3) is 0 Å². The molecule has 0 spiro atoms. The van der Waals surface area contributed by atoms with Crippen molar-refractivity contribution in [2.24, 2.45) is 62.1 Å². The summed E-state index contributed by atoms with van der Waals surface area (Å²) in [6.07, 6.45) is -2.01. The van der Waals surface area contributed by atoms with Crippen LogP contribution in [0.2, 0.25) is 0 Å². The van der Waals surface area contributed by atoms with E-state index in [9.17, 15) is 102 Å². The summed E-state index contributed by atoms with van der Waals surface area (Å²) in [6, 6.07) is -15.2. The lowest BCUT2D eigenvalue weighted by Crippen LogP contribution is -2.63. The average molecular weight is 1620 g/mol. The maximum Gasteiger partial charge on any atom is 0.322 e. The fourth-order valence-corrected chi connectivity index (χ4v) is 11.7. The summed E-state index contributed by atoms with van der Waals surface area (Å²) in [7, 11) is 0. The predicted octanol–water partition coefficient (Wildman–Crippen LogP) is -8.50. The van der Waals surface area contributed by atoms with Gasteiger partial charge >= 0.3 is 11.9 Å². The van der Waals surface area contributed by atoms with Crippen LogP contribution >= 0.6 is 11.8 Å². The Labute approximate surface area is 657 Å². The van der Waals surface area contributed by atoms with E-state index >= 15 is 0 Å². The zero-order valence-corrected chi connectivity index (χ0v) is 65.5. The first-order valence-corrected chi connectivity index (χ1v) is 38.2. The van der Waals surface area contributed by atoms with Gasteiger partial charge in [-0.25, -0.2) is 0 Å². The van der Waals surface area contributed by atoms with Crippen LogP contribution in [0.5, 0.6) is 5.75 Å². The van der Waals surface area contributed by atoms with Gasteiger partial charge in [0, 0.05) is 32.5 Å². The molecule has 0 aliphatic carbocycles. The number of aliphatic carboxylic acids is 2. The number of amides is 14. The molecule has 30 N–H and O–H groups in total. The highest BCUT2D eigenvalue weighted by Gasteiger charge is 2.43. The molecule has 0 aromatic heterocycles. The number of nitrogens with one attached hydrogen (secondary N) is 12. The molecule has 1 aliphatic rings. The Balaban J connectivity index is 2.43. The van der Waals surface area contributed by atoms with Crippen molar-refractivity contribution in [2.45, 2.75) is 217 Å². The molecule has 44 heteroatoms. The molecule has 2 rings (SSSR count). The molecule has 0 saturated carbocycles. The van der Waals surface area contributed by atoms with Crippen molar-refractivity contribution in [3.05, 3.63) is 29.8 Å². The smallest absolute Gasteiger partial charge is 0.322 e. The lowest BCUT2D eigenvalue weighted by molar-refractivity contribution is -0.144. The number of nitrogens with two attached hydrogens (primary N) is 6. The minimum absolute atomic E-state index is 0.000507. The molecule has 0 unspecified atom stereocenters. The molecule has 1 heterocycles. The summed E-state index contributed by atoms with van der Waals surface area (Å²) in [5.41, 5.74) is 33.6. The van der Waals surface area contributed by atoms with Crippen molar-refractivity contribution in [1.29, 1.82) is 0 Å². The number of aliphatic hydroxyl groups excluding tert-OH is 3. The van der Waals surface area contributed by atoms with Crippen molar-refractivity contribution in [2.75, 3.05) is 51.4 Å². The monoisotopic (exact) mass is 1620 g/mol. The van der Waals surface area contributed by atoms with Crippen LogP contribution in [-0.2, 0) is 83.1 Å². The zero-order chi connectivity index (χ0) is 85.5. The highest BCUT2D eigenvalue weighted by molar-refractivity contribution is 7.98. The zero-order valence-electron chi connectivity index (χ0n) is 64.7. The SMILES string of the molecule is CC[C@H](C)[C@H](NC(=O)[C@H](CC(=O)O)NC(=O)[C@@H](NC(=O)[C@H](CO)NC(=O)[C@@H](NC(=O)[C@@H]1CCCN1C(=O)[C@H](CO)NC(=O)[C@H](Cc1ccc(O)cc1)NC(=O)[C@H](CCSC)NC(=O)[C@H](CCCN=C(N)N)NC(=O)[C@@H](N)C(C)C)[C@@H](C)O)[C@@H](C)CC)C(=O)N[C@@H](CCCN=C(N)N)C(=O)N[C@@H](CCC(N)=O)C(=O)NCC(=O)O. The Bertz CT molecular complexity index is 3480. The number of thioether (sulfide) groups is 1. The third kappa shape index (κ3) is 34.8. The van der Waals surface area contributed by atoms with Crippen LogP contribution < -0.4 is 98.2 Å². The maximum atomic E-state index is 14.4. The van der Waals surface area contributed by atoms with Gasteiger partial charge in [0.1, 0.15) is 84.8 Å². The molecule has 1 aromatic carbocycles. The molecular formula is C69H115N21O22S. The second-order valence-electron chi connectivity index (χ2n) is 27.5. The standard InChI is InChI=1S/C69H115N21O22S/c1-9-34(5)52(64(109)82-40(15-12-25-77-69(74)75)57(102)79-41(21-22-48(70)95)55(100)78-30-50(98)99)87-60(105)44(29-49(96)97)84-65(110)53(35(6)10-2)88-61(106)45(31-91)85-66(111)54(36(7)93)89-62(107)47-16-13-26-90(47)67(112)46(32-92)86-59(104)43(28-37-17-19-38(94)20-18-37)83-58(103)42(23-27-113-8)80-56(101)39(14-11-24-76-68(72)73)81-63(108)51(71)33(3)4/h17-20,33-36,39-47,51-54,91-94H,9-16,21-32,71H2,1-8H3,(H2,70,95)(H,78,100)(H,79,102)(H,80,101)(H,81,108)(H,82,109)(H,83,103)(H,84,110)(H,85,111)(H,86,104)(H,87,105)(H,88,106)(H,89,107)(H,96,97)(H,98,99)(H4,72,73,76)(H4,74,75,77)/t34-,35-,36+,39-,40-,41-,42-,43-,44-,45-,46-,47-,51-,52-,53-,54-/m0/s1. The minimum Gasteiger partial charge on any atom is -0.508 e. The Morgan fingerprint density at radius 2 is 0.947 bits per heavy atom. The first-order chi connectivity index (χ1) is 53.1. The van der Waals surface area contributed by atoms with Crippen LogP contribution in [0.3, 0.4) is 0 Å². The molecule has 634 valence electrons. The Morgan fingerprint density at radius 1 is 0.522 bits per heavy atom. The number of aliphatic imine (C=N–C) groups is 2. The predicted molar refractivity (Wildman–Crippen MR) is 410 cm³/mol. The number of benzene rings is 1. The summed E-state index contributed by atoms with van der Waals surface area (Å²) < 4.78 is 0. The van der Waals surface area contributed by atoms with Crippen molar-refractivity contribution in [1.82, 2.24) is 68.7 Å². The molecule has 0 radical (unpaired) electrons. The number of carbonyl (C=O) groups is 16. The number of carboxylic acid groups (broad SMARTS) is 2. The number of aromatic hydroxyl groups is 1. The number of phenolic OH excluding ortho intramolecular Hbond substituents is 1. The fraction of sp³-hybridized carbons (Fsp3) is 0.652. The van der Waals surface area contributed by atoms with E-state index < -0.39 is 230 Å². The molecule has 16 atom stereocenters. The summed E-state index contributed by atoms with van der Waals surface area (Å²) >= 11 is 1.32. The molecule has 1 aliphatic heterocycles. The highest BCUT2D eigenvalue weighted by Crippen LogP contribution is 2.21. The number of guanidine groups is 2. The number of likely N-dealkylation sites (tertiary alicyclic amines) is 1. The number of nitrogens with zero attached hydrogens (tertiary/aromatic N) is 3. The molecular weight excluding hydrogens is 1510 g/mol. The Kier molecular flexibility index (Phi) is 43.8. The Morgan fingerprint density at radius 3 is 1.40 bits per heavy atom. The van der Waals surface area contributed by atoms with Crippen LogP contribution in [0.1, 0.15) is 131 Å². The number of hydrogen-bond donors (Lipinski definition) is 24. The Hall–Kier alpha value is -10.7. The van der Waals surface area contributed by atoms with Crippen LogP contribution in [0.15, 0.2) is 34.3 Å². The highest BCUT2D eigenvalue weighted by atomic mass is 32.2. The van der Waals surface area contributed by atoms with Crippen LogP contribution in [-0.4, -0.2) is 278 Å². The van der Waals surface area contributed by atoms with E-state index in [1.807, 2.05) is 0 Å². The van der Waals surface area contributed by atoms with E-state index in [1.165, 1.54) is 49.9 Å². The number of rotatable bonds is 52. The van der Waals surface area contributed by atoms with E-state index in [0.717, 1.165) is 11.8 Å². The first-order valence-electron chi connectivity index (χ1n) is 36.8. The number of primary amides is 1. The molecule has 14 amide bonds. The lowest BCUT2D eigenvalue weighted by Gasteiger charge is -2.31. The summed E-state index contributed by atoms with van der Waals surface area (Å²) in [4.78, 5) is 226. The van der Waals surface area contributed by atoms with E-state index in [-0.39, 0.29) is 107 Å². The third-order valence-corrected chi connectivity index (χ3v) is 18.9. The average Bonchev–Trinajstić information content (AvgIpc) is 1.70. The van der Waals surface area contributed by atoms with E-state index in [2.05, 4.69) is 73.8 Å². The molecule has 1 fully saturated rings. The fourth-order valence-electron chi connectivity index (χ4n) is 11.2. The van der Waals surface area contributed by atoms with Gasteiger partial charge in [-0.05, 0) is 106 Å². The molecule has 1 aromatic rings. The second-order valence-corrected chi connectivity index (χ2v) is 28.5. The topological polar surface area (TPSA) is 723 Å². The van der Waals surface area contributed by atoms with E-state index in [4.69, 9.17) is 39.5 Å². The lowest BCUT2D eigenvalue weighted by atomic mass is 9.96. The molecule has 1 saturated heterocycles. The summed E-state index contributed by atoms with van der Waals surface area (Å²) in [6.45, 7) is 7.36. The molecule has 43 nitrogen and oxygen atoms in total. The number of aliphatic hydroxyl groups is 3. The normalized spacial score (nSPS) is 16.4. The van der Waals surface area contributed by atoms with Gasteiger partial charge in [0.2, 0.25) is 82.7 Å². The summed E-state index contributed by atoms with van der Waals surface area (Å²) in [5, 5.41) is 90.3. The van der Waals surface area contributed by atoms with Gasteiger partial charge in [-0.3, -0.25) is 86.7 Å². The quantitative estimate of drug-likeness (QED) is 0.0164. The third-order valence-electron chi connectivity index (χ3n) is 18.3. The summed E-state index contributed by atoms with van der Waals surface area (Å²) in [5.74, 6) is -19.9. The maximum absolute atomic E-state index is 14.4. The number of carboxylic acids is 2. The minimum atomic E-state index is -2.01. The second kappa shape index (κ2) is 50.3. The van der Waals surface area contributed by atoms with Gasteiger partial charge in [-0.15, -0.1) is 0 Å². The number of phenols is 1. The molecule has 113 heavy (non-hydrogen) atoms. The van der Waals surface area contributed by atoms with Gasteiger partial charge in [0.05, 0.1) is 31.8 Å². The van der Waals surface area contributed by atoms with Gasteiger partial charge in [-0.2, -0.15) is 11.8 Å². The van der Waals surface area contributed by atoms with Crippen molar-refractivity contribution < 1.29 is 107 Å². The van der Waals surface area contributed by atoms with Crippen molar-refractivity contribution >= 4 is 118 Å². The largest absolute Gasteiger partial charge is 0.508 e. The van der Waals surface area contributed by atoms with E-state index in [0.29, 0.717) is 11.3 Å². The van der Waals surface area contributed by atoms with Crippen molar-refractivity contribution in [3.63, 3.8) is 0 Å².